The van der Waals surface area contributed by atoms with Gasteiger partial charge in [-0.2, -0.15) is 11.8 Å². The predicted octanol–water partition coefficient (Wildman–Crippen LogP) is 3.79. The fraction of sp³-hybridized carbons (Fsp3) is 0.393. The number of rotatable bonds is 8. The van der Waals surface area contributed by atoms with Crippen LogP contribution in [0.2, 0.25) is 0 Å². The maximum atomic E-state index is 13.8. The zero-order valence-electron chi connectivity index (χ0n) is 20.8. The quantitative estimate of drug-likeness (QED) is 0.435. The summed E-state index contributed by atoms with van der Waals surface area (Å²) in [5.74, 6) is 0.127. The third-order valence-corrected chi connectivity index (χ3v) is 8.04. The van der Waals surface area contributed by atoms with Gasteiger partial charge in [-0.15, -0.1) is 0 Å². The van der Waals surface area contributed by atoms with Gasteiger partial charge in [0.05, 0.1) is 6.04 Å². The number of aromatic amines is 1. The zero-order valence-corrected chi connectivity index (χ0v) is 21.7. The summed E-state index contributed by atoms with van der Waals surface area (Å²) < 4.78 is 0. The Labute approximate surface area is 215 Å². The molecule has 3 heterocycles. The van der Waals surface area contributed by atoms with Crippen LogP contribution in [0.3, 0.4) is 0 Å². The summed E-state index contributed by atoms with van der Waals surface area (Å²) in [5, 5.41) is 7.08. The molecule has 0 radical (unpaired) electrons. The average Bonchev–Trinajstić information content (AvgIpc) is 3.41. The minimum absolute atomic E-state index is 0.0219. The number of benzene rings is 2. The number of thioether (sulfide) groups is 1. The van der Waals surface area contributed by atoms with Crippen molar-refractivity contribution in [2.75, 3.05) is 12.0 Å². The molecule has 3 N–H and O–H groups in total. The maximum Gasteiger partial charge on any atom is 0.255 e. The topological polar surface area (TPSA) is 94.3 Å². The molecule has 36 heavy (non-hydrogen) atoms. The van der Waals surface area contributed by atoms with Crippen molar-refractivity contribution < 1.29 is 14.4 Å². The molecular weight excluding hydrogens is 472 g/mol. The number of hydrogen-bond acceptors (Lipinski definition) is 4. The third kappa shape index (κ3) is 4.17. The van der Waals surface area contributed by atoms with Gasteiger partial charge in [-0.3, -0.25) is 14.4 Å². The van der Waals surface area contributed by atoms with Gasteiger partial charge in [-0.1, -0.05) is 43.3 Å². The summed E-state index contributed by atoms with van der Waals surface area (Å²) in [6.07, 6.45) is 3.71. The standard InChI is InChI=1S/C28H32N4O3S/c1-4-16(2)29-26(33)22(13-14-36-3)31-27(34)23-15-20-17-9-7-8-12-21(17)30-24(20)25-18-10-5-6-11-19(18)28(35)32(23)25/h5-12,16,22-23,25,30H,4,13-15H2,1-3H3,(H,29,33)(H,31,34)/t16-,22+,23+,25+/m1/s1. The Bertz CT molecular complexity index is 1320. The SMILES string of the molecule is CC[C@@H](C)NC(=O)[C@H](CCSC)NC(=O)[C@@H]1Cc2c([nH]c3ccccc23)[C@@H]2c3ccccc3C(=O)N21. The van der Waals surface area contributed by atoms with Crippen LogP contribution in [0.25, 0.3) is 10.9 Å². The van der Waals surface area contributed by atoms with Crippen LogP contribution in [-0.2, 0) is 16.0 Å². The first kappa shape index (κ1) is 24.4. The molecule has 4 atom stereocenters. The van der Waals surface area contributed by atoms with E-state index in [4.69, 9.17) is 0 Å². The Kier molecular flexibility index (Phi) is 6.79. The van der Waals surface area contributed by atoms with Gasteiger partial charge in [0.25, 0.3) is 5.91 Å². The Morgan fingerprint density at radius 2 is 1.89 bits per heavy atom. The monoisotopic (exact) mass is 504 g/mol. The molecule has 1 aromatic heterocycles. The van der Waals surface area contributed by atoms with Gasteiger partial charge in [-0.25, -0.2) is 0 Å². The minimum Gasteiger partial charge on any atom is -0.356 e. The number of carbonyl (C=O) groups is 3. The van der Waals surface area contributed by atoms with Crippen LogP contribution >= 0.6 is 11.8 Å². The second-order valence-electron chi connectivity index (χ2n) is 9.65. The molecule has 2 aromatic carbocycles. The molecule has 0 saturated carbocycles. The van der Waals surface area contributed by atoms with Crippen molar-refractivity contribution in [1.82, 2.24) is 20.5 Å². The number of nitrogens with zero attached hydrogens (tertiary/aromatic N) is 1. The van der Waals surface area contributed by atoms with Gasteiger partial charge < -0.3 is 20.5 Å². The van der Waals surface area contributed by atoms with Crippen LogP contribution in [0.4, 0.5) is 0 Å². The van der Waals surface area contributed by atoms with Crippen molar-refractivity contribution in [1.29, 1.82) is 0 Å². The summed E-state index contributed by atoms with van der Waals surface area (Å²) in [4.78, 5) is 45.7. The molecule has 5 rings (SSSR count). The largest absolute Gasteiger partial charge is 0.356 e. The molecule has 0 unspecified atom stereocenters. The van der Waals surface area contributed by atoms with Gasteiger partial charge >= 0.3 is 0 Å². The summed E-state index contributed by atoms with van der Waals surface area (Å²) in [6.45, 7) is 3.97. The van der Waals surface area contributed by atoms with E-state index in [1.54, 1.807) is 16.7 Å². The molecule has 3 aromatic rings. The number of H-pyrrole nitrogens is 1. The number of hydrogen-bond donors (Lipinski definition) is 3. The van der Waals surface area contributed by atoms with Crippen LogP contribution in [0, 0.1) is 0 Å². The van der Waals surface area contributed by atoms with E-state index >= 15 is 0 Å². The first-order chi connectivity index (χ1) is 17.4. The first-order valence-electron chi connectivity index (χ1n) is 12.5. The van der Waals surface area contributed by atoms with Crippen LogP contribution in [0.1, 0.15) is 59.9 Å². The second kappa shape index (κ2) is 10.0. The Morgan fingerprint density at radius 1 is 1.14 bits per heavy atom. The fourth-order valence-corrected chi connectivity index (χ4v) is 5.83. The molecule has 188 valence electrons. The van der Waals surface area contributed by atoms with Crippen molar-refractivity contribution in [3.63, 3.8) is 0 Å². The van der Waals surface area contributed by atoms with E-state index in [-0.39, 0.29) is 29.8 Å². The summed E-state index contributed by atoms with van der Waals surface area (Å²) in [6, 6.07) is 13.9. The summed E-state index contributed by atoms with van der Waals surface area (Å²) in [5.41, 5.74) is 4.54. The predicted molar refractivity (Wildman–Crippen MR) is 143 cm³/mol. The average molecular weight is 505 g/mol. The number of fused-ring (bicyclic) bond motifs is 7. The van der Waals surface area contributed by atoms with E-state index in [1.807, 2.05) is 62.6 Å². The molecule has 0 bridgehead atoms. The van der Waals surface area contributed by atoms with Gasteiger partial charge in [0, 0.05) is 34.6 Å². The summed E-state index contributed by atoms with van der Waals surface area (Å²) >= 11 is 1.64. The van der Waals surface area contributed by atoms with Crippen molar-refractivity contribution >= 4 is 40.4 Å². The van der Waals surface area contributed by atoms with Crippen molar-refractivity contribution in [2.24, 2.45) is 0 Å². The minimum atomic E-state index is -0.713. The molecule has 0 saturated heterocycles. The molecule has 0 fully saturated rings. The van der Waals surface area contributed by atoms with Gasteiger partial charge in [0.1, 0.15) is 12.1 Å². The number of aromatic nitrogens is 1. The summed E-state index contributed by atoms with van der Waals surface area (Å²) in [7, 11) is 0. The number of carbonyl (C=O) groups excluding carboxylic acids is 3. The van der Waals surface area contributed by atoms with Crippen LogP contribution < -0.4 is 10.6 Å². The van der Waals surface area contributed by atoms with Gasteiger partial charge in [0.15, 0.2) is 0 Å². The van der Waals surface area contributed by atoms with E-state index in [0.29, 0.717) is 18.4 Å². The van der Waals surface area contributed by atoms with Crippen LogP contribution in [0.15, 0.2) is 48.5 Å². The highest BCUT2D eigenvalue weighted by atomic mass is 32.2. The van der Waals surface area contributed by atoms with E-state index in [2.05, 4.69) is 21.7 Å². The lowest BCUT2D eigenvalue weighted by Gasteiger charge is -2.37. The van der Waals surface area contributed by atoms with E-state index in [1.165, 1.54) is 0 Å². The van der Waals surface area contributed by atoms with Crippen molar-refractivity contribution in [3.8, 4) is 0 Å². The normalized spacial score (nSPS) is 19.9. The fourth-order valence-electron chi connectivity index (χ4n) is 5.36. The van der Waals surface area contributed by atoms with Crippen molar-refractivity contribution in [3.05, 3.63) is 70.9 Å². The molecule has 3 amide bonds. The molecule has 8 heteroatoms. The Morgan fingerprint density at radius 3 is 2.67 bits per heavy atom. The lowest BCUT2D eigenvalue weighted by Crippen LogP contribution is -2.57. The number of nitrogens with one attached hydrogen (secondary N) is 3. The van der Waals surface area contributed by atoms with Crippen LogP contribution in [0.5, 0.6) is 0 Å². The lowest BCUT2D eigenvalue weighted by atomic mass is 9.89. The molecular formula is C28H32N4O3S. The van der Waals surface area contributed by atoms with Crippen molar-refractivity contribution in [2.45, 2.75) is 57.3 Å². The van der Waals surface area contributed by atoms with Gasteiger partial charge in [0.2, 0.25) is 11.8 Å². The van der Waals surface area contributed by atoms with E-state index < -0.39 is 12.1 Å². The lowest BCUT2D eigenvalue weighted by molar-refractivity contribution is -0.132. The highest BCUT2D eigenvalue weighted by Crippen LogP contribution is 2.46. The third-order valence-electron chi connectivity index (χ3n) is 7.40. The van der Waals surface area contributed by atoms with Crippen LogP contribution in [-0.4, -0.2) is 57.7 Å². The number of amides is 3. The Balaban J connectivity index is 1.51. The molecule has 2 aliphatic rings. The molecule has 0 spiro atoms. The first-order valence-corrected chi connectivity index (χ1v) is 13.9. The molecule has 7 nitrogen and oxygen atoms in total. The smallest absolute Gasteiger partial charge is 0.255 e. The van der Waals surface area contributed by atoms with Gasteiger partial charge in [-0.05, 0) is 55.0 Å². The molecule has 0 aliphatic carbocycles. The zero-order chi connectivity index (χ0) is 25.4. The maximum absolute atomic E-state index is 13.8. The molecule has 2 aliphatic heterocycles. The van der Waals surface area contributed by atoms with E-state index in [9.17, 15) is 14.4 Å². The second-order valence-corrected chi connectivity index (χ2v) is 10.6. The highest BCUT2D eigenvalue weighted by molar-refractivity contribution is 7.98. The van der Waals surface area contributed by atoms with E-state index in [0.717, 1.165) is 39.9 Å². The highest BCUT2D eigenvalue weighted by Gasteiger charge is 2.49. The Hall–Kier alpha value is -3.26. The number of para-hydroxylation sites is 1.